The third-order valence-corrected chi connectivity index (χ3v) is 3.01. The monoisotopic (exact) mass is 170 g/mol. The lowest BCUT2D eigenvalue weighted by Gasteiger charge is -2.40. The lowest BCUT2D eigenvalue weighted by molar-refractivity contribution is -0.165. The number of ketones is 1. The van der Waals surface area contributed by atoms with Crippen molar-refractivity contribution in [3.8, 4) is 0 Å². The summed E-state index contributed by atoms with van der Waals surface area (Å²) in [5.74, 6) is -0.623. The first-order chi connectivity index (χ1) is 5.53. The Morgan fingerprint density at radius 1 is 1.67 bits per heavy atom. The van der Waals surface area contributed by atoms with Crippen molar-refractivity contribution < 1.29 is 14.7 Å². The van der Waals surface area contributed by atoms with Gasteiger partial charge in [0.1, 0.15) is 5.78 Å². The third kappa shape index (κ3) is 1.13. The highest BCUT2D eigenvalue weighted by molar-refractivity contribution is 5.97. The predicted octanol–water partition coefficient (Wildman–Crippen LogP) is 1.47. The molecule has 0 amide bonds. The highest BCUT2D eigenvalue weighted by atomic mass is 16.4. The van der Waals surface area contributed by atoms with Crippen LogP contribution in [0, 0.1) is 11.3 Å². The van der Waals surface area contributed by atoms with Crippen molar-refractivity contribution in [2.75, 3.05) is 0 Å². The van der Waals surface area contributed by atoms with Gasteiger partial charge in [0.15, 0.2) is 0 Å². The number of carboxylic acids is 1. The molecule has 1 N–H and O–H groups in total. The number of carbonyl (C=O) groups excluding carboxylic acids is 1. The van der Waals surface area contributed by atoms with Crippen LogP contribution in [0.1, 0.15) is 33.1 Å². The average Bonchev–Trinajstić information content (AvgIpc) is 1.96. The number of carboxylic acid groups (broad SMARTS) is 1. The maximum atomic E-state index is 10.9. The van der Waals surface area contributed by atoms with E-state index in [0.717, 1.165) is 6.42 Å². The van der Waals surface area contributed by atoms with Gasteiger partial charge in [0, 0.05) is 12.8 Å². The number of rotatable bonds is 3. The summed E-state index contributed by atoms with van der Waals surface area (Å²) in [6.07, 6.45) is 1.29. The maximum absolute atomic E-state index is 10.9. The molecule has 0 saturated heterocycles. The van der Waals surface area contributed by atoms with E-state index in [1.807, 2.05) is 13.8 Å². The van der Waals surface area contributed by atoms with Crippen molar-refractivity contribution in [1.29, 1.82) is 0 Å². The Kier molecular flexibility index (Phi) is 2.22. The quantitative estimate of drug-likeness (QED) is 0.697. The van der Waals surface area contributed by atoms with Gasteiger partial charge < -0.3 is 5.11 Å². The Bertz CT molecular complexity index is 212. The zero-order valence-corrected chi connectivity index (χ0v) is 7.46. The summed E-state index contributed by atoms with van der Waals surface area (Å²) in [7, 11) is 0. The highest BCUT2D eigenvalue weighted by Crippen LogP contribution is 2.46. The summed E-state index contributed by atoms with van der Waals surface area (Å²) in [5.41, 5.74) is -0.730. The molecule has 0 spiro atoms. The van der Waals surface area contributed by atoms with Gasteiger partial charge in [-0.2, -0.15) is 0 Å². The van der Waals surface area contributed by atoms with E-state index in [1.54, 1.807) is 0 Å². The van der Waals surface area contributed by atoms with E-state index >= 15 is 0 Å². The topological polar surface area (TPSA) is 54.4 Å². The van der Waals surface area contributed by atoms with Gasteiger partial charge in [-0.3, -0.25) is 9.59 Å². The number of aliphatic carboxylic acids is 1. The van der Waals surface area contributed by atoms with E-state index in [9.17, 15) is 9.59 Å². The molecule has 1 aliphatic rings. The van der Waals surface area contributed by atoms with Crippen LogP contribution in [-0.4, -0.2) is 16.9 Å². The molecular formula is C9H14O3. The predicted molar refractivity (Wildman–Crippen MR) is 43.8 cm³/mol. The second-order valence-corrected chi connectivity index (χ2v) is 3.66. The maximum Gasteiger partial charge on any atom is 0.310 e. The van der Waals surface area contributed by atoms with Gasteiger partial charge in [-0.05, 0) is 5.92 Å². The summed E-state index contributed by atoms with van der Waals surface area (Å²) in [4.78, 5) is 21.7. The van der Waals surface area contributed by atoms with Crippen molar-refractivity contribution >= 4 is 11.8 Å². The van der Waals surface area contributed by atoms with E-state index in [4.69, 9.17) is 5.11 Å². The lowest BCUT2D eigenvalue weighted by Crippen LogP contribution is -2.48. The van der Waals surface area contributed by atoms with Crippen LogP contribution >= 0.6 is 0 Å². The number of hydrogen-bond acceptors (Lipinski definition) is 2. The summed E-state index contributed by atoms with van der Waals surface area (Å²) in [5, 5.41) is 8.95. The van der Waals surface area contributed by atoms with Crippen LogP contribution in [-0.2, 0) is 9.59 Å². The van der Waals surface area contributed by atoms with Crippen molar-refractivity contribution in [1.82, 2.24) is 0 Å². The van der Waals surface area contributed by atoms with E-state index in [-0.39, 0.29) is 24.5 Å². The molecule has 68 valence electrons. The third-order valence-electron chi connectivity index (χ3n) is 3.01. The summed E-state index contributed by atoms with van der Waals surface area (Å²) in [6.45, 7) is 3.86. The highest BCUT2D eigenvalue weighted by Gasteiger charge is 2.52. The van der Waals surface area contributed by atoms with Crippen LogP contribution in [0.25, 0.3) is 0 Å². The van der Waals surface area contributed by atoms with Crippen LogP contribution in [0.4, 0.5) is 0 Å². The number of Topliss-reactive ketones (excluding diaryl/α,β-unsaturated/α-hetero) is 1. The molecule has 0 aromatic rings. The molecule has 1 unspecified atom stereocenters. The van der Waals surface area contributed by atoms with Gasteiger partial charge in [-0.25, -0.2) is 0 Å². The van der Waals surface area contributed by atoms with Gasteiger partial charge in [-0.15, -0.1) is 0 Å². The summed E-state index contributed by atoms with van der Waals surface area (Å²) in [6, 6.07) is 0. The van der Waals surface area contributed by atoms with Crippen molar-refractivity contribution in [2.45, 2.75) is 33.1 Å². The molecule has 3 heteroatoms. The molecule has 0 aromatic heterocycles. The number of hydrogen-bond donors (Lipinski definition) is 1. The van der Waals surface area contributed by atoms with E-state index in [0.29, 0.717) is 0 Å². The lowest BCUT2D eigenvalue weighted by atomic mass is 9.60. The molecule has 12 heavy (non-hydrogen) atoms. The molecular weight excluding hydrogens is 156 g/mol. The Balaban J connectivity index is 2.76. The van der Waals surface area contributed by atoms with E-state index < -0.39 is 11.4 Å². The zero-order chi connectivity index (χ0) is 9.35. The first-order valence-electron chi connectivity index (χ1n) is 4.28. The normalized spacial score (nSPS) is 23.0. The van der Waals surface area contributed by atoms with Crippen molar-refractivity contribution in [3.63, 3.8) is 0 Å². The van der Waals surface area contributed by atoms with Crippen molar-refractivity contribution in [3.05, 3.63) is 0 Å². The standard InChI is InChI=1S/C9H14O3/c1-3-6(2)9(8(11)12)4-7(10)5-9/h6H,3-5H2,1-2H3,(H,11,12). The first-order valence-corrected chi connectivity index (χ1v) is 4.28. The Morgan fingerprint density at radius 2 is 2.17 bits per heavy atom. The fourth-order valence-corrected chi connectivity index (χ4v) is 1.75. The minimum Gasteiger partial charge on any atom is -0.481 e. The molecule has 1 aliphatic carbocycles. The molecule has 1 fully saturated rings. The van der Waals surface area contributed by atoms with E-state index in [1.165, 1.54) is 0 Å². The SMILES string of the molecule is CCC(C)C1(C(=O)O)CC(=O)C1. The molecule has 0 aromatic carbocycles. The average molecular weight is 170 g/mol. The van der Waals surface area contributed by atoms with Gasteiger partial charge in [0.05, 0.1) is 5.41 Å². The molecule has 0 bridgehead atoms. The molecule has 0 heterocycles. The van der Waals surface area contributed by atoms with Crippen molar-refractivity contribution in [2.24, 2.45) is 11.3 Å². The van der Waals surface area contributed by atoms with Gasteiger partial charge in [-0.1, -0.05) is 20.3 Å². The van der Waals surface area contributed by atoms with Crippen LogP contribution in [0.15, 0.2) is 0 Å². The molecule has 1 rings (SSSR count). The van der Waals surface area contributed by atoms with Crippen LogP contribution in [0.5, 0.6) is 0 Å². The van der Waals surface area contributed by atoms with Gasteiger partial charge in [0.2, 0.25) is 0 Å². The summed E-state index contributed by atoms with van der Waals surface area (Å²) >= 11 is 0. The van der Waals surface area contributed by atoms with Gasteiger partial charge >= 0.3 is 5.97 Å². The Morgan fingerprint density at radius 3 is 2.42 bits per heavy atom. The Labute approximate surface area is 71.8 Å². The van der Waals surface area contributed by atoms with Crippen LogP contribution in [0.2, 0.25) is 0 Å². The molecule has 1 saturated carbocycles. The molecule has 3 nitrogen and oxygen atoms in total. The fraction of sp³-hybridized carbons (Fsp3) is 0.778. The van der Waals surface area contributed by atoms with E-state index in [2.05, 4.69) is 0 Å². The summed E-state index contributed by atoms with van der Waals surface area (Å²) < 4.78 is 0. The van der Waals surface area contributed by atoms with Gasteiger partial charge in [0.25, 0.3) is 0 Å². The minimum absolute atomic E-state index is 0.0812. The Hall–Kier alpha value is -0.860. The fourth-order valence-electron chi connectivity index (χ4n) is 1.75. The number of carbonyl (C=O) groups is 2. The second-order valence-electron chi connectivity index (χ2n) is 3.66. The zero-order valence-electron chi connectivity index (χ0n) is 7.46. The first kappa shape index (κ1) is 9.23. The minimum atomic E-state index is -0.809. The van der Waals surface area contributed by atoms with Crippen LogP contribution < -0.4 is 0 Å². The second kappa shape index (κ2) is 2.88. The van der Waals surface area contributed by atoms with Crippen LogP contribution in [0.3, 0.4) is 0 Å². The molecule has 0 radical (unpaired) electrons. The smallest absolute Gasteiger partial charge is 0.310 e. The largest absolute Gasteiger partial charge is 0.481 e. The molecule has 0 aliphatic heterocycles. The molecule has 1 atom stereocenters.